The smallest absolute Gasteiger partial charge is 0.232 e. The molecule has 20 heavy (non-hydrogen) atoms. The number of carbonyl (C=O) groups is 1. The van der Waals surface area contributed by atoms with E-state index >= 15 is 0 Å². The maximum absolute atomic E-state index is 14.0. The highest BCUT2D eigenvalue weighted by molar-refractivity contribution is 5.97. The van der Waals surface area contributed by atoms with E-state index in [1.165, 1.54) is 17.0 Å². The van der Waals surface area contributed by atoms with E-state index in [9.17, 15) is 13.6 Å². The molecule has 0 fully saturated rings. The van der Waals surface area contributed by atoms with E-state index in [1.807, 2.05) is 34.6 Å². The second kappa shape index (κ2) is 6.33. The highest BCUT2D eigenvalue weighted by atomic mass is 19.1. The standard InChI is InChI=1S/C16H23F2NO/c1-6-9-16(4,5)15(20)19(11(2)3)14-8-7-12(17)10-13(14)18/h7-8,10-11H,6,9H2,1-5H3. The van der Waals surface area contributed by atoms with Crippen molar-refractivity contribution in [2.24, 2.45) is 5.41 Å². The SMILES string of the molecule is CCCC(C)(C)C(=O)N(c1ccc(F)cc1F)C(C)C. The number of amides is 1. The van der Waals surface area contributed by atoms with Crippen LogP contribution in [0.15, 0.2) is 18.2 Å². The van der Waals surface area contributed by atoms with Crippen LogP contribution in [0.3, 0.4) is 0 Å². The molecule has 0 heterocycles. The Morgan fingerprint density at radius 3 is 2.35 bits per heavy atom. The van der Waals surface area contributed by atoms with Gasteiger partial charge < -0.3 is 4.90 Å². The normalized spacial score (nSPS) is 11.8. The molecule has 2 nitrogen and oxygen atoms in total. The summed E-state index contributed by atoms with van der Waals surface area (Å²) >= 11 is 0. The molecular formula is C16H23F2NO. The van der Waals surface area contributed by atoms with Crippen molar-refractivity contribution in [1.29, 1.82) is 0 Å². The molecule has 0 unspecified atom stereocenters. The lowest BCUT2D eigenvalue weighted by atomic mass is 9.86. The quantitative estimate of drug-likeness (QED) is 0.777. The van der Waals surface area contributed by atoms with Gasteiger partial charge in [-0.2, -0.15) is 0 Å². The molecule has 0 bridgehead atoms. The molecule has 1 aromatic rings. The van der Waals surface area contributed by atoms with Crippen LogP contribution < -0.4 is 4.90 Å². The molecule has 112 valence electrons. The summed E-state index contributed by atoms with van der Waals surface area (Å²) in [5.74, 6) is -1.49. The molecule has 0 aliphatic heterocycles. The number of carbonyl (C=O) groups excluding carboxylic acids is 1. The fourth-order valence-electron chi connectivity index (χ4n) is 2.36. The Kier molecular flexibility index (Phi) is 5.26. The van der Waals surface area contributed by atoms with Crippen molar-refractivity contribution in [2.75, 3.05) is 4.90 Å². The number of hydrogen-bond donors (Lipinski definition) is 0. The van der Waals surface area contributed by atoms with Crippen LogP contribution in [-0.4, -0.2) is 11.9 Å². The minimum absolute atomic E-state index is 0.135. The maximum atomic E-state index is 14.0. The summed E-state index contributed by atoms with van der Waals surface area (Å²) in [6.45, 7) is 9.37. The molecule has 1 aromatic carbocycles. The lowest BCUT2D eigenvalue weighted by molar-refractivity contribution is -0.127. The number of anilines is 1. The van der Waals surface area contributed by atoms with Crippen LogP contribution in [0.1, 0.15) is 47.5 Å². The van der Waals surface area contributed by atoms with Gasteiger partial charge in [-0.1, -0.05) is 27.2 Å². The van der Waals surface area contributed by atoms with E-state index in [2.05, 4.69) is 0 Å². The number of benzene rings is 1. The largest absolute Gasteiger partial charge is 0.307 e. The molecule has 1 rings (SSSR count). The summed E-state index contributed by atoms with van der Waals surface area (Å²) in [7, 11) is 0. The zero-order valence-electron chi connectivity index (χ0n) is 12.8. The molecular weight excluding hydrogens is 260 g/mol. The van der Waals surface area contributed by atoms with Gasteiger partial charge in [0.2, 0.25) is 5.91 Å². The van der Waals surface area contributed by atoms with Gasteiger partial charge in [-0.25, -0.2) is 8.78 Å². The highest BCUT2D eigenvalue weighted by Gasteiger charge is 2.34. The molecule has 0 saturated heterocycles. The van der Waals surface area contributed by atoms with Crippen molar-refractivity contribution < 1.29 is 13.6 Å². The number of hydrogen-bond acceptors (Lipinski definition) is 1. The fraction of sp³-hybridized carbons (Fsp3) is 0.562. The molecule has 0 aliphatic rings. The molecule has 1 amide bonds. The van der Waals surface area contributed by atoms with E-state index in [-0.39, 0.29) is 17.6 Å². The van der Waals surface area contributed by atoms with E-state index in [0.717, 1.165) is 18.9 Å². The Morgan fingerprint density at radius 2 is 1.90 bits per heavy atom. The van der Waals surface area contributed by atoms with Gasteiger partial charge in [0.25, 0.3) is 0 Å². The monoisotopic (exact) mass is 283 g/mol. The van der Waals surface area contributed by atoms with Gasteiger partial charge >= 0.3 is 0 Å². The van der Waals surface area contributed by atoms with Gasteiger partial charge in [-0.3, -0.25) is 4.79 Å². The number of nitrogens with zero attached hydrogens (tertiary/aromatic N) is 1. The Labute approximate surface area is 119 Å². The first-order valence-electron chi connectivity index (χ1n) is 6.99. The van der Waals surface area contributed by atoms with Crippen LogP contribution in [0.4, 0.5) is 14.5 Å². The van der Waals surface area contributed by atoms with Gasteiger partial charge in [-0.05, 0) is 32.4 Å². The topological polar surface area (TPSA) is 20.3 Å². The van der Waals surface area contributed by atoms with Crippen LogP contribution in [0.25, 0.3) is 0 Å². The zero-order chi connectivity index (χ0) is 15.5. The minimum Gasteiger partial charge on any atom is -0.307 e. The molecule has 0 aromatic heterocycles. The van der Waals surface area contributed by atoms with Crippen LogP contribution in [-0.2, 0) is 4.79 Å². The van der Waals surface area contributed by atoms with Crippen molar-refractivity contribution >= 4 is 11.6 Å². The Balaban J connectivity index is 3.21. The van der Waals surface area contributed by atoms with Gasteiger partial charge in [0.15, 0.2) is 0 Å². The van der Waals surface area contributed by atoms with Crippen LogP contribution in [0.2, 0.25) is 0 Å². The average Bonchev–Trinajstić information content (AvgIpc) is 2.31. The highest BCUT2D eigenvalue weighted by Crippen LogP contribution is 2.31. The van der Waals surface area contributed by atoms with Crippen LogP contribution >= 0.6 is 0 Å². The lowest BCUT2D eigenvalue weighted by Gasteiger charge is -2.34. The summed E-state index contributed by atoms with van der Waals surface area (Å²) in [6, 6.07) is 3.11. The Hall–Kier alpha value is -1.45. The molecule has 4 heteroatoms. The van der Waals surface area contributed by atoms with E-state index in [0.29, 0.717) is 0 Å². The van der Waals surface area contributed by atoms with Gasteiger partial charge in [-0.15, -0.1) is 0 Å². The van der Waals surface area contributed by atoms with E-state index in [1.54, 1.807) is 0 Å². The second-order valence-corrected chi connectivity index (χ2v) is 6.00. The molecule has 0 N–H and O–H groups in total. The second-order valence-electron chi connectivity index (χ2n) is 6.00. The summed E-state index contributed by atoms with van der Waals surface area (Å²) < 4.78 is 27.0. The van der Waals surface area contributed by atoms with Gasteiger partial charge in [0.05, 0.1) is 5.69 Å². The molecule has 0 atom stereocenters. The molecule has 0 spiro atoms. The first-order valence-corrected chi connectivity index (χ1v) is 6.99. The summed E-state index contributed by atoms with van der Waals surface area (Å²) in [5.41, 5.74) is -0.435. The lowest BCUT2D eigenvalue weighted by Crippen LogP contribution is -2.45. The van der Waals surface area contributed by atoms with Gasteiger partial charge in [0, 0.05) is 17.5 Å². The third-order valence-corrected chi connectivity index (χ3v) is 3.36. The number of rotatable bonds is 5. The maximum Gasteiger partial charge on any atom is 0.232 e. The minimum atomic E-state index is -0.709. The predicted octanol–water partition coefficient (Wildman–Crippen LogP) is 4.53. The summed E-state index contributed by atoms with van der Waals surface area (Å²) in [4.78, 5) is 14.1. The van der Waals surface area contributed by atoms with Crippen molar-refractivity contribution in [3.63, 3.8) is 0 Å². The van der Waals surface area contributed by atoms with Crippen LogP contribution in [0.5, 0.6) is 0 Å². The zero-order valence-corrected chi connectivity index (χ0v) is 12.8. The first-order chi connectivity index (χ1) is 9.20. The van der Waals surface area contributed by atoms with E-state index < -0.39 is 17.0 Å². The predicted molar refractivity (Wildman–Crippen MR) is 77.7 cm³/mol. The van der Waals surface area contributed by atoms with Crippen molar-refractivity contribution in [1.82, 2.24) is 0 Å². The average molecular weight is 283 g/mol. The van der Waals surface area contributed by atoms with E-state index in [4.69, 9.17) is 0 Å². The van der Waals surface area contributed by atoms with Crippen LogP contribution in [0, 0.1) is 17.0 Å². The van der Waals surface area contributed by atoms with Crippen molar-refractivity contribution in [2.45, 2.75) is 53.5 Å². The van der Waals surface area contributed by atoms with Crippen molar-refractivity contribution in [3.05, 3.63) is 29.8 Å². The van der Waals surface area contributed by atoms with Gasteiger partial charge in [0.1, 0.15) is 11.6 Å². The third-order valence-electron chi connectivity index (χ3n) is 3.36. The third kappa shape index (κ3) is 3.56. The number of halogens is 2. The molecule has 0 aliphatic carbocycles. The van der Waals surface area contributed by atoms with Crippen molar-refractivity contribution in [3.8, 4) is 0 Å². The first kappa shape index (κ1) is 16.6. The summed E-state index contributed by atoms with van der Waals surface area (Å²) in [5, 5.41) is 0. The molecule has 0 saturated carbocycles. The Morgan fingerprint density at radius 1 is 1.30 bits per heavy atom. The fourth-order valence-corrected chi connectivity index (χ4v) is 2.36. The summed E-state index contributed by atoms with van der Waals surface area (Å²) in [6.07, 6.45) is 1.59. The molecule has 0 radical (unpaired) electrons. The Bertz CT molecular complexity index is 483.